The topological polar surface area (TPSA) is 92.8 Å². The number of hydrogen-bond donors (Lipinski definition) is 1. The van der Waals surface area contributed by atoms with E-state index in [4.69, 9.17) is 4.74 Å². The van der Waals surface area contributed by atoms with E-state index in [2.05, 4.69) is 4.72 Å². The lowest BCUT2D eigenvalue weighted by molar-refractivity contribution is 0.395. The first-order chi connectivity index (χ1) is 12.6. The Balaban J connectivity index is 1.87. The molecule has 0 radical (unpaired) electrons. The van der Waals surface area contributed by atoms with E-state index in [1.807, 2.05) is 6.07 Å². The third kappa shape index (κ3) is 4.26. The van der Waals surface area contributed by atoms with Gasteiger partial charge in [-0.2, -0.15) is 4.31 Å². The van der Waals surface area contributed by atoms with Gasteiger partial charge in [0.2, 0.25) is 10.0 Å². The van der Waals surface area contributed by atoms with Crippen molar-refractivity contribution in [1.82, 2.24) is 4.31 Å². The van der Waals surface area contributed by atoms with Crippen LogP contribution < -0.4 is 9.46 Å². The van der Waals surface area contributed by atoms with E-state index < -0.39 is 20.0 Å². The molecule has 0 bridgehead atoms. The molecule has 0 atom stereocenters. The zero-order valence-corrected chi connectivity index (χ0v) is 17.0. The van der Waals surface area contributed by atoms with E-state index >= 15 is 0 Å². The van der Waals surface area contributed by atoms with Gasteiger partial charge in [-0.3, -0.25) is 4.72 Å². The molecule has 0 spiro atoms. The van der Waals surface area contributed by atoms with Crippen molar-refractivity contribution in [1.29, 1.82) is 0 Å². The molecule has 0 saturated carbocycles. The van der Waals surface area contributed by atoms with Crippen LogP contribution in [0, 0.1) is 6.92 Å². The highest BCUT2D eigenvalue weighted by Gasteiger charge is 2.24. The lowest BCUT2D eigenvalue weighted by atomic mass is 10.0. The first-order valence-electron chi connectivity index (χ1n) is 8.34. The summed E-state index contributed by atoms with van der Waals surface area (Å²) in [7, 11) is -5.53. The maximum atomic E-state index is 12.7. The van der Waals surface area contributed by atoms with Gasteiger partial charge in [-0.1, -0.05) is 6.07 Å². The molecule has 3 rings (SSSR count). The molecule has 27 heavy (non-hydrogen) atoms. The molecule has 1 aliphatic rings. The number of nitrogens with zero attached hydrogens (tertiary/aromatic N) is 1. The first-order valence-corrected chi connectivity index (χ1v) is 11.7. The number of aryl methyl sites for hydroxylation is 1. The van der Waals surface area contributed by atoms with E-state index in [0.717, 1.165) is 16.7 Å². The van der Waals surface area contributed by atoms with Crippen LogP contribution >= 0.6 is 0 Å². The minimum absolute atomic E-state index is 0.135. The van der Waals surface area contributed by atoms with Gasteiger partial charge in [-0.15, -0.1) is 0 Å². The van der Waals surface area contributed by atoms with Gasteiger partial charge in [0.15, 0.2) is 0 Å². The number of rotatable bonds is 5. The standard InChI is InChI=1S/C18H22N2O5S2/c1-13-10-17(6-7-18(13)25-2)27(23,24)19-16-5-4-14-8-9-20(26(3,21)22)12-15(14)11-16/h4-7,10-11,19H,8-9,12H2,1-3H3. The fourth-order valence-electron chi connectivity index (χ4n) is 3.11. The molecule has 0 aliphatic carbocycles. The lowest BCUT2D eigenvalue weighted by Crippen LogP contribution is -2.35. The molecular weight excluding hydrogens is 388 g/mol. The van der Waals surface area contributed by atoms with Crippen molar-refractivity contribution in [2.75, 3.05) is 24.6 Å². The van der Waals surface area contributed by atoms with Crippen molar-refractivity contribution in [2.45, 2.75) is 24.8 Å². The van der Waals surface area contributed by atoms with Gasteiger partial charge in [0.25, 0.3) is 10.0 Å². The molecule has 0 saturated heterocycles. The Hall–Kier alpha value is -2.10. The molecule has 7 nitrogen and oxygen atoms in total. The van der Waals surface area contributed by atoms with Crippen LogP contribution in [0.4, 0.5) is 5.69 Å². The van der Waals surface area contributed by atoms with Crippen molar-refractivity contribution < 1.29 is 21.6 Å². The van der Waals surface area contributed by atoms with Crippen LogP contribution in [-0.2, 0) is 33.0 Å². The summed E-state index contributed by atoms with van der Waals surface area (Å²) in [5.41, 5.74) is 2.95. The van der Waals surface area contributed by atoms with Gasteiger partial charge in [0.05, 0.1) is 18.3 Å². The maximum Gasteiger partial charge on any atom is 0.261 e. The van der Waals surface area contributed by atoms with Gasteiger partial charge in [-0.25, -0.2) is 16.8 Å². The van der Waals surface area contributed by atoms with Crippen LogP contribution in [0.15, 0.2) is 41.3 Å². The number of anilines is 1. The summed E-state index contributed by atoms with van der Waals surface area (Å²) in [6.45, 7) is 2.45. The van der Waals surface area contributed by atoms with E-state index in [1.54, 1.807) is 31.2 Å². The largest absolute Gasteiger partial charge is 0.496 e. The number of sulfonamides is 2. The monoisotopic (exact) mass is 410 g/mol. The summed E-state index contributed by atoms with van der Waals surface area (Å²) in [6, 6.07) is 9.87. The second kappa shape index (κ2) is 7.14. The highest BCUT2D eigenvalue weighted by molar-refractivity contribution is 7.92. The highest BCUT2D eigenvalue weighted by atomic mass is 32.2. The molecule has 1 heterocycles. The Labute approximate surface area is 160 Å². The van der Waals surface area contributed by atoms with Crippen LogP contribution in [0.5, 0.6) is 5.75 Å². The summed E-state index contributed by atoms with van der Waals surface area (Å²) >= 11 is 0. The molecule has 2 aromatic rings. The molecule has 0 amide bonds. The van der Waals surface area contributed by atoms with E-state index in [9.17, 15) is 16.8 Å². The summed E-state index contributed by atoms with van der Waals surface area (Å²) < 4.78 is 58.1. The third-order valence-corrected chi connectivity index (χ3v) is 7.21. The molecular formula is C18H22N2O5S2. The molecule has 9 heteroatoms. The van der Waals surface area contributed by atoms with Crippen LogP contribution in [0.2, 0.25) is 0 Å². The molecule has 2 aromatic carbocycles. The van der Waals surface area contributed by atoms with Gasteiger partial charge >= 0.3 is 0 Å². The maximum absolute atomic E-state index is 12.7. The average Bonchev–Trinajstić information content (AvgIpc) is 2.60. The smallest absolute Gasteiger partial charge is 0.261 e. The third-order valence-electron chi connectivity index (χ3n) is 4.58. The number of ether oxygens (including phenoxy) is 1. The number of fused-ring (bicyclic) bond motifs is 1. The van der Waals surface area contributed by atoms with Crippen LogP contribution in [0.25, 0.3) is 0 Å². The minimum atomic E-state index is -3.77. The molecule has 1 N–H and O–H groups in total. The van der Waals surface area contributed by atoms with E-state index in [0.29, 0.717) is 24.4 Å². The van der Waals surface area contributed by atoms with Crippen LogP contribution in [0.3, 0.4) is 0 Å². The van der Waals surface area contributed by atoms with Crippen molar-refractivity contribution in [2.24, 2.45) is 0 Å². The summed E-state index contributed by atoms with van der Waals surface area (Å²) in [5, 5.41) is 0. The Morgan fingerprint density at radius 2 is 1.78 bits per heavy atom. The number of nitrogens with one attached hydrogen (secondary N) is 1. The molecule has 146 valence electrons. The summed E-state index contributed by atoms with van der Waals surface area (Å²) in [5.74, 6) is 0.614. The van der Waals surface area contributed by atoms with Gasteiger partial charge in [0.1, 0.15) is 5.75 Å². The van der Waals surface area contributed by atoms with Gasteiger partial charge < -0.3 is 4.74 Å². The zero-order chi connectivity index (χ0) is 19.8. The molecule has 0 aromatic heterocycles. The Kier molecular flexibility index (Phi) is 5.20. The Morgan fingerprint density at radius 3 is 2.41 bits per heavy atom. The number of methoxy groups -OCH3 is 1. The van der Waals surface area contributed by atoms with Crippen LogP contribution in [0.1, 0.15) is 16.7 Å². The van der Waals surface area contributed by atoms with Crippen LogP contribution in [-0.4, -0.2) is 41.1 Å². The highest BCUT2D eigenvalue weighted by Crippen LogP contribution is 2.27. The predicted molar refractivity (Wildman–Crippen MR) is 104 cm³/mol. The van der Waals surface area contributed by atoms with E-state index in [-0.39, 0.29) is 11.4 Å². The second-order valence-electron chi connectivity index (χ2n) is 6.57. The fraction of sp³-hybridized carbons (Fsp3) is 0.333. The molecule has 1 aliphatic heterocycles. The summed E-state index contributed by atoms with van der Waals surface area (Å²) in [6.07, 6.45) is 1.78. The average molecular weight is 411 g/mol. The Morgan fingerprint density at radius 1 is 1.04 bits per heavy atom. The quantitative estimate of drug-likeness (QED) is 0.815. The van der Waals surface area contributed by atoms with E-state index in [1.165, 1.54) is 23.7 Å². The van der Waals surface area contributed by atoms with Crippen molar-refractivity contribution in [3.63, 3.8) is 0 Å². The predicted octanol–water partition coefficient (Wildman–Crippen LogP) is 2.12. The number of benzene rings is 2. The Bertz CT molecular complexity index is 1080. The molecule has 0 fully saturated rings. The molecule has 0 unspecified atom stereocenters. The zero-order valence-electron chi connectivity index (χ0n) is 15.4. The minimum Gasteiger partial charge on any atom is -0.496 e. The van der Waals surface area contributed by atoms with Gasteiger partial charge in [0, 0.05) is 18.8 Å². The number of hydrogen-bond acceptors (Lipinski definition) is 5. The van der Waals surface area contributed by atoms with Crippen molar-refractivity contribution >= 4 is 25.7 Å². The van der Waals surface area contributed by atoms with Gasteiger partial charge in [-0.05, 0) is 60.4 Å². The lowest BCUT2D eigenvalue weighted by Gasteiger charge is -2.27. The second-order valence-corrected chi connectivity index (χ2v) is 10.2. The fourth-order valence-corrected chi connectivity index (χ4v) is 5.04. The van der Waals surface area contributed by atoms with Crippen molar-refractivity contribution in [3.05, 3.63) is 53.1 Å². The first kappa shape index (κ1) is 19.7. The summed E-state index contributed by atoms with van der Waals surface area (Å²) in [4.78, 5) is 0.135. The normalized spacial score (nSPS) is 15.2. The SMILES string of the molecule is COc1ccc(S(=O)(=O)Nc2ccc3c(c2)CN(S(C)(=O)=O)CC3)cc1C. The van der Waals surface area contributed by atoms with Crippen molar-refractivity contribution in [3.8, 4) is 5.75 Å².